The SMILES string of the molecule is c1ccc(-c2cccc(-c3nc(-c4ccccc4)nc(-c4cccc(-c5cccc6c5Oc5cc7c(cc5O6)-c5ccccc5C7(c5ccccc5)c5ccccc5)c4)n3)c2)cc1. The van der Waals surface area contributed by atoms with Crippen LogP contribution in [-0.4, -0.2) is 15.0 Å². The number of aromatic nitrogens is 3. The minimum absolute atomic E-state index is 0.564. The molecule has 0 spiro atoms. The zero-order valence-electron chi connectivity index (χ0n) is 34.0. The van der Waals surface area contributed by atoms with E-state index in [9.17, 15) is 0 Å². The summed E-state index contributed by atoms with van der Waals surface area (Å²) in [7, 11) is 0. The van der Waals surface area contributed by atoms with Crippen LogP contribution < -0.4 is 9.47 Å². The zero-order chi connectivity index (χ0) is 41.7. The van der Waals surface area contributed by atoms with Crippen molar-refractivity contribution in [3.05, 3.63) is 247 Å². The molecule has 0 amide bonds. The van der Waals surface area contributed by atoms with E-state index in [1.807, 2.05) is 60.7 Å². The summed E-state index contributed by atoms with van der Waals surface area (Å²) >= 11 is 0. The first kappa shape index (κ1) is 36.4. The van der Waals surface area contributed by atoms with Gasteiger partial charge in [-0.2, -0.15) is 0 Å². The maximum absolute atomic E-state index is 7.03. The first-order valence-corrected chi connectivity index (χ1v) is 21.2. The molecule has 0 unspecified atom stereocenters. The van der Waals surface area contributed by atoms with E-state index in [0.717, 1.165) is 50.1 Å². The van der Waals surface area contributed by atoms with Crippen LogP contribution in [0.2, 0.25) is 0 Å². The van der Waals surface area contributed by atoms with Crippen LogP contribution in [0, 0.1) is 0 Å². The van der Waals surface area contributed by atoms with Gasteiger partial charge in [-0.25, -0.2) is 15.0 Å². The van der Waals surface area contributed by atoms with Gasteiger partial charge in [0, 0.05) is 22.3 Å². The molecule has 2 aliphatic rings. The molecule has 1 aliphatic heterocycles. The van der Waals surface area contributed by atoms with Crippen molar-refractivity contribution in [3.63, 3.8) is 0 Å². The lowest BCUT2D eigenvalue weighted by molar-refractivity contribution is 0.360. The topological polar surface area (TPSA) is 57.1 Å². The van der Waals surface area contributed by atoms with Gasteiger partial charge in [-0.05, 0) is 80.4 Å². The van der Waals surface area contributed by atoms with Gasteiger partial charge in [0.05, 0.1) is 5.41 Å². The van der Waals surface area contributed by atoms with Gasteiger partial charge in [0.1, 0.15) is 0 Å². The van der Waals surface area contributed by atoms with Gasteiger partial charge in [0.2, 0.25) is 0 Å². The van der Waals surface area contributed by atoms with Gasteiger partial charge in [-0.1, -0.05) is 194 Å². The second-order valence-electron chi connectivity index (χ2n) is 15.9. The zero-order valence-corrected chi connectivity index (χ0v) is 34.0. The number of fused-ring (bicyclic) bond motifs is 5. The van der Waals surface area contributed by atoms with Crippen LogP contribution in [-0.2, 0) is 5.41 Å². The van der Waals surface area contributed by atoms with E-state index in [4.69, 9.17) is 24.4 Å². The second-order valence-corrected chi connectivity index (χ2v) is 15.9. The Labute approximate surface area is 365 Å². The summed E-state index contributed by atoms with van der Waals surface area (Å²) in [6.07, 6.45) is 0. The molecule has 296 valence electrons. The molecule has 2 heterocycles. The Hall–Kier alpha value is -8.41. The molecular formula is C58H37N3O2. The van der Waals surface area contributed by atoms with Crippen molar-refractivity contribution in [3.8, 4) is 90.5 Å². The van der Waals surface area contributed by atoms with Crippen molar-refractivity contribution >= 4 is 0 Å². The molecule has 0 saturated carbocycles. The van der Waals surface area contributed by atoms with E-state index in [1.54, 1.807) is 0 Å². The molecule has 0 N–H and O–H groups in total. The molecule has 10 aromatic rings. The average molecular weight is 808 g/mol. The number of benzene rings is 9. The van der Waals surface area contributed by atoms with Crippen LogP contribution in [0.5, 0.6) is 23.0 Å². The summed E-state index contributed by atoms with van der Waals surface area (Å²) in [5.41, 5.74) is 13.3. The molecule has 1 aliphatic carbocycles. The highest BCUT2D eigenvalue weighted by atomic mass is 16.6. The molecule has 12 rings (SSSR count). The van der Waals surface area contributed by atoms with Crippen molar-refractivity contribution in [1.29, 1.82) is 0 Å². The minimum atomic E-state index is -0.564. The van der Waals surface area contributed by atoms with E-state index >= 15 is 0 Å². The third-order valence-corrected chi connectivity index (χ3v) is 12.3. The summed E-state index contributed by atoms with van der Waals surface area (Å²) in [4.78, 5) is 15.2. The highest BCUT2D eigenvalue weighted by Gasteiger charge is 2.47. The van der Waals surface area contributed by atoms with Crippen molar-refractivity contribution in [2.45, 2.75) is 5.41 Å². The highest BCUT2D eigenvalue weighted by Crippen LogP contribution is 2.60. The van der Waals surface area contributed by atoms with Gasteiger partial charge in [0.25, 0.3) is 0 Å². The Balaban J connectivity index is 0.964. The predicted octanol–water partition coefficient (Wildman–Crippen LogP) is 14.5. The molecule has 0 saturated heterocycles. The fourth-order valence-corrected chi connectivity index (χ4v) is 9.41. The third kappa shape index (κ3) is 6.13. The molecule has 0 atom stereocenters. The number of para-hydroxylation sites is 1. The largest absolute Gasteiger partial charge is 0.449 e. The predicted molar refractivity (Wildman–Crippen MR) is 251 cm³/mol. The quantitative estimate of drug-likeness (QED) is 0.161. The summed E-state index contributed by atoms with van der Waals surface area (Å²) in [6, 6.07) is 77.8. The second kappa shape index (κ2) is 14.9. The molecule has 0 fully saturated rings. The normalized spacial score (nSPS) is 12.8. The van der Waals surface area contributed by atoms with Crippen molar-refractivity contribution in [2.75, 3.05) is 0 Å². The van der Waals surface area contributed by atoms with Gasteiger partial charge in [-0.15, -0.1) is 0 Å². The van der Waals surface area contributed by atoms with Crippen molar-refractivity contribution < 1.29 is 9.47 Å². The lowest BCUT2D eigenvalue weighted by Gasteiger charge is -2.34. The van der Waals surface area contributed by atoms with Crippen molar-refractivity contribution in [1.82, 2.24) is 15.0 Å². The van der Waals surface area contributed by atoms with E-state index in [0.29, 0.717) is 40.5 Å². The van der Waals surface area contributed by atoms with E-state index < -0.39 is 5.41 Å². The van der Waals surface area contributed by atoms with Crippen LogP contribution in [0.4, 0.5) is 0 Å². The Kier molecular flexibility index (Phi) is 8.64. The Morgan fingerprint density at radius 3 is 1.43 bits per heavy atom. The van der Waals surface area contributed by atoms with E-state index in [-0.39, 0.29) is 0 Å². The standard InChI is InChI=1S/C58H37N3O2/c1-5-18-38(19-6-1)40-22-15-24-42(34-40)56-59-55(39-20-7-2-8-21-39)60-57(61-56)43-25-16-23-41(35-43)46-31-17-33-51-54(46)63-53-37-50-48(36-52(53)62-51)47-30-13-14-32-49(47)58(50,44-26-9-3-10-27-44)45-28-11-4-12-29-45/h1-37H. The molecule has 0 radical (unpaired) electrons. The van der Waals surface area contributed by atoms with Gasteiger partial charge in [-0.3, -0.25) is 0 Å². The third-order valence-electron chi connectivity index (χ3n) is 12.3. The lowest BCUT2D eigenvalue weighted by Crippen LogP contribution is -2.28. The number of nitrogens with zero attached hydrogens (tertiary/aromatic N) is 3. The fourth-order valence-electron chi connectivity index (χ4n) is 9.41. The smallest absolute Gasteiger partial charge is 0.177 e. The molecule has 9 aromatic carbocycles. The Bertz CT molecular complexity index is 3300. The van der Waals surface area contributed by atoms with Gasteiger partial charge in [0.15, 0.2) is 40.5 Å². The number of hydrogen-bond acceptors (Lipinski definition) is 5. The number of ether oxygens (including phenoxy) is 2. The van der Waals surface area contributed by atoms with Gasteiger partial charge >= 0.3 is 0 Å². The van der Waals surface area contributed by atoms with E-state index in [2.05, 4.69) is 164 Å². The fraction of sp³-hybridized carbons (Fsp3) is 0.0172. The minimum Gasteiger partial charge on any atom is -0.449 e. The van der Waals surface area contributed by atoms with Crippen LogP contribution in [0.1, 0.15) is 22.3 Å². The number of rotatable bonds is 7. The summed E-state index contributed by atoms with van der Waals surface area (Å²) < 4.78 is 13.8. The average Bonchev–Trinajstić information content (AvgIpc) is 3.65. The summed E-state index contributed by atoms with van der Waals surface area (Å²) in [5, 5.41) is 0. The Morgan fingerprint density at radius 2 is 0.762 bits per heavy atom. The summed E-state index contributed by atoms with van der Waals surface area (Å²) in [6.45, 7) is 0. The van der Waals surface area contributed by atoms with Crippen LogP contribution in [0.25, 0.3) is 67.5 Å². The van der Waals surface area contributed by atoms with Crippen LogP contribution in [0.15, 0.2) is 224 Å². The monoisotopic (exact) mass is 807 g/mol. The lowest BCUT2D eigenvalue weighted by atomic mass is 9.67. The molecule has 5 heteroatoms. The molecule has 63 heavy (non-hydrogen) atoms. The molecule has 1 aromatic heterocycles. The summed E-state index contributed by atoms with van der Waals surface area (Å²) in [5.74, 6) is 4.44. The van der Waals surface area contributed by atoms with Crippen molar-refractivity contribution in [2.24, 2.45) is 0 Å². The van der Waals surface area contributed by atoms with Crippen LogP contribution >= 0.6 is 0 Å². The van der Waals surface area contributed by atoms with E-state index in [1.165, 1.54) is 22.3 Å². The molecular weight excluding hydrogens is 771 g/mol. The highest BCUT2D eigenvalue weighted by molar-refractivity contribution is 5.89. The van der Waals surface area contributed by atoms with Gasteiger partial charge < -0.3 is 9.47 Å². The first-order valence-electron chi connectivity index (χ1n) is 21.2. The van der Waals surface area contributed by atoms with Crippen LogP contribution in [0.3, 0.4) is 0 Å². The Morgan fingerprint density at radius 1 is 0.286 bits per heavy atom. The molecule has 5 nitrogen and oxygen atoms in total. The maximum atomic E-state index is 7.03. The first-order chi connectivity index (χ1) is 31.2. The number of hydrogen-bond donors (Lipinski definition) is 0. The molecule has 0 bridgehead atoms. The maximum Gasteiger partial charge on any atom is 0.177 e.